The molecule has 0 aliphatic heterocycles. The molecule has 36 heavy (non-hydrogen) atoms. The number of carbonyl (C=O) groups excluding carboxylic acids is 1. The van der Waals surface area contributed by atoms with Crippen LogP contribution in [-0.2, 0) is 9.53 Å². The topological polar surface area (TPSA) is 46.5 Å². The van der Waals surface area contributed by atoms with Crippen LogP contribution >= 0.6 is 15.9 Å². The van der Waals surface area contributed by atoms with E-state index in [9.17, 15) is 9.90 Å². The smallest absolute Gasteiger partial charge is 0.306 e. The summed E-state index contributed by atoms with van der Waals surface area (Å²) in [6.07, 6.45) is 19.4. The summed E-state index contributed by atoms with van der Waals surface area (Å²) in [5.74, 6) is 2.12. The molecular weight excluding hydrogens is 512 g/mol. The molecular formula is C32H51BrO3. The summed E-state index contributed by atoms with van der Waals surface area (Å²) >= 11 is 3.43. The van der Waals surface area contributed by atoms with Gasteiger partial charge in [-0.15, -0.1) is 0 Å². The van der Waals surface area contributed by atoms with Gasteiger partial charge in [-0.25, -0.2) is 0 Å². The molecule has 3 aliphatic carbocycles. The van der Waals surface area contributed by atoms with E-state index in [-0.39, 0.29) is 12.1 Å². The Morgan fingerprint density at radius 2 is 2.00 bits per heavy atom. The van der Waals surface area contributed by atoms with Crippen molar-refractivity contribution < 1.29 is 14.6 Å². The molecule has 3 rings (SSSR count). The third-order valence-corrected chi connectivity index (χ3v) is 9.96. The second-order valence-electron chi connectivity index (χ2n) is 12.8. The van der Waals surface area contributed by atoms with Crippen molar-refractivity contribution in [2.75, 3.05) is 5.33 Å². The number of unbranched alkanes of at least 4 members (excludes halogenated alkanes) is 1. The molecule has 0 aromatic rings. The Morgan fingerprint density at radius 3 is 2.72 bits per heavy atom. The first kappa shape index (κ1) is 29.7. The molecule has 3 aliphatic rings. The van der Waals surface area contributed by atoms with Crippen molar-refractivity contribution in [1.29, 1.82) is 0 Å². The van der Waals surface area contributed by atoms with Crippen molar-refractivity contribution in [3.05, 3.63) is 35.5 Å². The van der Waals surface area contributed by atoms with Crippen LogP contribution in [0, 0.1) is 23.2 Å². The Kier molecular flexibility index (Phi) is 10.9. The van der Waals surface area contributed by atoms with E-state index in [1.807, 2.05) is 13.8 Å². The first-order valence-electron chi connectivity index (χ1n) is 14.6. The summed E-state index contributed by atoms with van der Waals surface area (Å²) in [6, 6.07) is 0. The Bertz CT molecular complexity index is 820. The van der Waals surface area contributed by atoms with E-state index in [1.54, 1.807) is 5.57 Å². The van der Waals surface area contributed by atoms with E-state index in [0.29, 0.717) is 23.7 Å². The summed E-state index contributed by atoms with van der Waals surface area (Å²) < 4.78 is 5.81. The van der Waals surface area contributed by atoms with E-state index in [1.165, 1.54) is 49.7 Å². The van der Waals surface area contributed by atoms with Gasteiger partial charge in [0.05, 0.1) is 5.60 Å². The van der Waals surface area contributed by atoms with E-state index in [2.05, 4.69) is 48.5 Å². The van der Waals surface area contributed by atoms with Crippen LogP contribution in [0.1, 0.15) is 118 Å². The molecule has 0 aromatic heterocycles. The van der Waals surface area contributed by atoms with Crippen molar-refractivity contribution in [3.8, 4) is 0 Å². The van der Waals surface area contributed by atoms with Gasteiger partial charge in [0, 0.05) is 18.2 Å². The van der Waals surface area contributed by atoms with Crippen molar-refractivity contribution >= 4 is 21.9 Å². The van der Waals surface area contributed by atoms with Gasteiger partial charge in [-0.2, -0.15) is 0 Å². The van der Waals surface area contributed by atoms with Crippen molar-refractivity contribution in [3.63, 3.8) is 0 Å². The van der Waals surface area contributed by atoms with Gasteiger partial charge < -0.3 is 9.84 Å². The normalized spacial score (nSPS) is 32.1. The molecule has 0 amide bonds. The Hall–Kier alpha value is -0.870. The Morgan fingerprint density at radius 1 is 1.22 bits per heavy atom. The number of alkyl halides is 1. The molecule has 0 saturated heterocycles. The standard InChI is InChI=1S/C32H51BrO3/c1-23-13-16-27(36-30(34)12-6-7-21-33)22-26(23)15-14-25-11-9-20-32(5)28(17-18-29(25)32)24(2)10-8-19-31(3,4)35/h14-15,24,27-29,35H,1,6-13,16-22H2,2-5H3/b25-14+,26-15-/t24-,27-,28+,29?,32?/m0/s1. The molecule has 0 heterocycles. The Balaban J connectivity index is 1.62. The number of rotatable bonds is 11. The van der Waals surface area contributed by atoms with Crippen molar-refractivity contribution in [1.82, 2.24) is 0 Å². The maximum atomic E-state index is 12.2. The molecule has 5 atom stereocenters. The molecule has 2 unspecified atom stereocenters. The van der Waals surface area contributed by atoms with Crippen LogP contribution in [0.5, 0.6) is 0 Å². The maximum absolute atomic E-state index is 12.2. The summed E-state index contributed by atoms with van der Waals surface area (Å²) in [5, 5.41) is 11.0. The van der Waals surface area contributed by atoms with Gasteiger partial charge in [-0.3, -0.25) is 4.79 Å². The SMILES string of the molecule is C=C1CC[C@H](OC(=O)CCCCBr)C/C1=C/C=C1\CCCC2(C)C1CC[C@@H]2[C@@H](C)CCCC(C)(C)O. The lowest BCUT2D eigenvalue weighted by Crippen LogP contribution is -2.36. The number of hydrogen-bond donors (Lipinski definition) is 1. The lowest BCUT2D eigenvalue weighted by atomic mass is 9.60. The molecule has 0 spiro atoms. The van der Waals surface area contributed by atoms with E-state index < -0.39 is 5.60 Å². The lowest BCUT2D eigenvalue weighted by Gasteiger charge is -2.44. The minimum absolute atomic E-state index is 0.00569. The van der Waals surface area contributed by atoms with Crippen molar-refractivity contribution in [2.24, 2.45) is 23.2 Å². The fraction of sp³-hybridized carbons (Fsp3) is 0.781. The van der Waals surface area contributed by atoms with Crippen LogP contribution in [-0.4, -0.2) is 28.1 Å². The van der Waals surface area contributed by atoms with Gasteiger partial charge in [0.2, 0.25) is 0 Å². The van der Waals surface area contributed by atoms with Gasteiger partial charge in [0.1, 0.15) is 6.10 Å². The molecule has 0 aromatic carbocycles. The zero-order chi connectivity index (χ0) is 26.3. The van der Waals surface area contributed by atoms with Crippen LogP contribution in [0.15, 0.2) is 35.5 Å². The van der Waals surface area contributed by atoms with Gasteiger partial charge in [0.25, 0.3) is 0 Å². The molecule has 1 N–H and O–H groups in total. The number of allylic oxidation sites excluding steroid dienone is 4. The summed E-state index contributed by atoms with van der Waals surface area (Å²) in [7, 11) is 0. The molecule has 0 radical (unpaired) electrons. The lowest BCUT2D eigenvalue weighted by molar-refractivity contribution is -0.149. The fourth-order valence-electron chi connectivity index (χ4n) is 7.36. The summed E-state index contributed by atoms with van der Waals surface area (Å²) in [5.41, 5.74) is 3.96. The van der Waals surface area contributed by atoms with Gasteiger partial charge in [0.15, 0.2) is 0 Å². The number of fused-ring (bicyclic) bond motifs is 1. The number of ether oxygens (including phenoxy) is 1. The van der Waals surface area contributed by atoms with Gasteiger partial charge in [-0.1, -0.05) is 72.5 Å². The van der Waals surface area contributed by atoms with Crippen LogP contribution in [0.2, 0.25) is 0 Å². The van der Waals surface area contributed by atoms with Gasteiger partial charge >= 0.3 is 5.97 Å². The monoisotopic (exact) mass is 562 g/mol. The molecule has 3 saturated carbocycles. The predicted octanol–water partition coefficient (Wildman–Crippen LogP) is 8.85. The number of esters is 1. The Labute approximate surface area is 229 Å². The van der Waals surface area contributed by atoms with E-state index in [4.69, 9.17) is 4.74 Å². The summed E-state index contributed by atoms with van der Waals surface area (Å²) in [6.45, 7) is 13.2. The van der Waals surface area contributed by atoms with E-state index in [0.717, 1.165) is 56.2 Å². The predicted molar refractivity (Wildman–Crippen MR) is 154 cm³/mol. The first-order valence-corrected chi connectivity index (χ1v) is 15.7. The average Bonchev–Trinajstić information content (AvgIpc) is 3.16. The highest BCUT2D eigenvalue weighted by atomic mass is 79.9. The molecule has 204 valence electrons. The molecule has 3 nitrogen and oxygen atoms in total. The number of halogens is 1. The second kappa shape index (κ2) is 13.3. The third kappa shape index (κ3) is 8.06. The van der Waals surface area contributed by atoms with Crippen LogP contribution < -0.4 is 0 Å². The number of carbonyl (C=O) groups is 1. The number of hydrogen-bond acceptors (Lipinski definition) is 3. The molecule has 3 fully saturated rings. The van der Waals surface area contributed by atoms with Gasteiger partial charge in [-0.05, 0) is 107 Å². The average molecular weight is 564 g/mol. The number of aliphatic hydroxyl groups is 1. The molecule has 4 heteroatoms. The maximum Gasteiger partial charge on any atom is 0.306 e. The quantitative estimate of drug-likeness (QED) is 0.155. The van der Waals surface area contributed by atoms with Crippen LogP contribution in [0.3, 0.4) is 0 Å². The second-order valence-corrected chi connectivity index (χ2v) is 13.6. The summed E-state index contributed by atoms with van der Waals surface area (Å²) in [4.78, 5) is 12.2. The zero-order valence-corrected chi connectivity index (χ0v) is 25.0. The minimum atomic E-state index is -0.552. The zero-order valence-electron chi connectivity index (χ0n) is 23.4. The highest BCUT2D eigenvalue weighted by Crippen LogP contribution is 2.60. The fourth-order valence-corrected chi connectivity index (χ4v) is 7.76. The van der Waals surface area contributed by atoms with Crippen LogP contribution in [0.25, 0.3) is 0 Å². The minimum Gasteiger partial charge on any atom is -0.462 e. The highest BCUT2D eigenvalue weighted by Gasteiger charge is 2.50. The third-order valence-electron chi connectivity index (χ3n) is 9.40. The van der Waals surface area contributed by atoms with E-state index >= 15 is 0 Å². The van der Waals surface area contributed by atoms with Crippen molar-refractivity contribution in [2.45, 2.75) is 129 Å². The highest BCUT2D eigenvalue weighted by molar-refractivity contribution is 9.09. The molecule has 0 bridgehead atoms. The first-order chi connectivity index (χ1) is 17.0. The van der Waals surface area contributed by atoms with Crippen LogP contribution in [0.4, 0.5) is 0 Å². The largest absolute Gasteiger partial charge is 0.462 e.